The molecule has 0 radical (unpaired) electrons. The molecule has 2 heterocycles. The summed E-state index contributed by atoms with van der Waals surface area (Å²) in [6, 6.07) is 9.17. The van der Waals surface area contributed by atoms with Crippen molar-refractivity contribution in [1.82, 2.24) is 20.4 Å². The second kappa shape index (κ2) is 13.3. The lowest BCUT2D eigenvalue weighted by molar-refractivity contribution is -0.126. The van der Waals surface area contributed by atoms with E-state index in [1.165, 1.54) is 12.8 Å². The molecule has 0 saturated carbocycles. The van der Waals surface area contributed by atoms with Gasteiger partial charge in [0.1, 0.15) is 0 Å². The van der Waals surface area contributed by atoms with E-state index in [1.54, 1.807) is 17.0 Å². The highest BCUT2D eigenvalue weighted by Gasteiger charge is 2.22. The molecule has 2 aliphatic heterocycles. The number of nitrogens with one attached hydrogen (secondary N) is 2. The smallest absolute Gasteiger partial charge is 0.253 e. The molecule has 0 spiro atoms. The number of carbonyl (C=O) groups excluding carboxylic acids is 3. The predicted octanol–water partition coefficient (Wildman–Crippen LogP) is 2.67. The van der Waals surface area contributed by atoms with Crippen molar-refractivity contribution in [3.63, 3.8) is 0 Å². The summed E-state index contributed by atoms with van der Waals surface area (Å²) >= 11 is 0. The quantitative estimate of drug-likeness (QED) is 0.645. The molecule has 2 aliphatic rings. The van der Waals surface area contributed by atoms with Crippen LogP contribution in [0.5, 0.6) is 0 Å². The van der Waals surface area contributed by atoms with Crippen LogP contribution < -0.4 is 10.6 Å². The predicted molar refractivity (Wildman–Crippen MR) is 130 cm³/mol. The maximum atomic E-state index is 12.9. The Hall–Kier alpha value is -2.41. The van der Waals surface area contributed by atoms with Crippen LogP contribution in [0.1, 0.15) is 62.2 Å². The average molecular weight is 457 g/mol. The van der Waals surface area contributed by atoms with Crippen LogP contribution in [0.3, 0.4) is 0 Å². The lowest BCUT2D eigenvalue weighted by atomic mass is 9.97. The van der Waals surface area contributed by atoms with E-state index in [1.807, 2.05) is 18.2 Å². The van der Waals surface area contributed by atoms with Crippen molar-refractivity contribution in [1.29, 1.82) is 0 Å². The highest BCUT2D eigenvalue weighted by molar-refractivity contribution is 5.94. The third-order valence-corrected chi connectivity index (χ3v) is 6.91. The molecule has 3 amide bonds. The number of nitrogens with zero attached hydrogens (tertiary/aromatic N) is 2. The van der Waals surface area contributed by atoms with E-state index in [0.717, 1.165) is 38.4 Å². The van der Waals surface area contributed by atoms with Gasteiger partial charge in [0.05, 0.1) is 0 Å². The molecule has 1 aromatic rings. The molecular weight excluding hydrogens is 416 g/mol. The molecule has 2 saturated heterocycles. The first-order valence-electron chi connectivity index (χ1n) is 12.6. The highest BCUT2D eigenvalue weighted by Crippen LogP contribution is 2.17. The molecule has 33 heavy (non-hydrogen) atoms. The van der Waals surface area contributed by atoms with Gasteiger partial charge in [-0.2, -0.15) is 0 Å². The Morgan fingerprint density at radius 3 is 2.55 bits per heavy atom. The minimum Gasteiger partial charge on any atom is -0.356 e. The van der Waals surface area contributed by atoms with Crippen molar-refractivity contribution < 1.29 is 14.4 Å². The summed E-state index contributed by atoms with van der Waals surface area (Å²) in [6.07, 6.45) is 5.87. The number of hydrogen-bond acceptors (Lipinski definition) is 4. The summed E-state index contributed by atoms with van der Waals surface area (Å²) in [4.78, 5) is 42.2. The van der Waals surface area contributed by atoms with Gasteiger partial charge in [0.25, 0.3) is 5.91 Å². The van der Waals surface area contributed by atoms with Crippen LogP contribution in [0, 0.1) is 11.8 Å². The zero-order valence-electron chi connectivity index (χ0n) is 20.1. The van der Waals surface area contributed by atoms with E-state index >= 15 is 0 Å². The van der Waals surface area contributed by atoms with Gasteiger partial charge in [-0.25, -0.2) is 0 Å². The van der Waals surface area contributed by atoms with E-state index in [0.29, 0.717) is 44.6 Å². The third kappa shape index (κ3) is 8.46. The second-order valence-corrected chi connectivity index (χ2v) is 9.55. The fourth-order valence-electron chi connectivity index (χ4n) is 4.67. The Kier molecular flexibility index (Phi) is 10.2. The molecule has 1 aromatic carbocycles. The van der Waals surface area contributed by atoms with Gasteiger partial charge < -0.3 is 20.4 Å². The SMILES string of the molecule is CC1CCN(CCCNC(=O)C2CCCN(C(=O)c3ccccc3)CCC(=O)NCC2)CC1. The Bertz CT molecular complexity index is 762. The van der Waals surface area contributed by atoms with E-state index in [2.05, 4.69) is 22.5 Å². The first kappa shape index (κ1) is 25.2. The number of benzene rings is 1. The molecule has 3 rings (SSSR count). The molecule has 7 heteroatoms. The van der Waals surface area contributed by atoms with Gasteiger partial charge in [0, 0.05) is 44.1 Å². The van der Waals surface area contributed by atoms with E-state index in [-0.39, 0.29) is 30.1 Å². The molecule has 7 nitrogen and oxygen atoms in total. The summed E-state index contributed by atoms with van der Waals surface area (Å²) in [7, 11) is 0. The zero-order valence-corrected chi connectivity index (χ0v) is 20.1. The van der Waals surface area contributed by atoms with Crippen LogP contribution in [-0.4, -0.2) is 73.3 Å². The third-order valence-electron chi connectivity index (χ3n) is 6.91. The molecule has 2 fully saturated rings. The van der Waals surface area contributed by atoms with Crippen molar-refractivity contribution in [2.24, 2.45) is 11.8 Å². The van der Waals surface area contributed by atoms with Crippen LogP contribution in [-0.2, 0) is 9.59 Å². The Morgan fingerprint density at radius 2 is 1.79 bits per heavy atom. The monoisotopic (exact) mass is 456 g/mol. The molecule has 0 bridgehead atoms. The second-order valence-electron chi connectivity index (χ2n) is 9.55. The largest absolute Gasteiger partial charge is 0.356 e. The van der Waals surface area contributed by atoms with Crippen LogP contribution in [0.15, 0.2) is 30.3 Å². The number of hydrogen-bond donors (Lipinski definition) is 2. The number of rotatable bonds is 6. The number of piperidine rings is 1. The van der Waals surface area contributed by atoms with Crippen LogP contribution >= 0.6 is 0 Å². The minimum atomic E-state index is -0.145. The van der Waals surface area contributed by atoms with E-state index in [9.17, 15) is 14.4 Å². The lowest BCUT2D eigenvalue weighted by Crippen LogP contribution is -2.37. The molecule has 1 atom stereocenters. The Morgan fingerprint density at radius 1 is 1.03 bits per heavy atom. The van der Waals surface area contributed by atoms with E-state index < -0.39 is 0 Å². The van der Waals surface area contributed by atoms with Gasteiger partial charge >= 0.3 is 0 Å². The average Bonchev–Trinajstić information content (AvgIpc) is 2.87. The maximum Gasteiger partial charge on any atom is 0.253 e. The molecule has 0 aromatic heterocycles. The molecule has 2 N–H and O–H groups in total. The van der Waals surface area contributed by atoms with E-state index in [4.69, 9.17) is 0 Å². The Balaban J connectivity index is 1.47. The fourth-order valence-corrected chi connectivity index (χ4v) is 4.67. The van der Waals surface area contributed by atoms with Gasteiger partial charge in [-0.05, 0) is 76.2 Å². The number of likely N-dealkylation sites (tertiary alicyclic amines) is 1. The molecule has 182 valence electrons. The molecule has 0 aliphatic carbocycles. The summed E-state index contributed by atoms with van der Waals surface area (Å²) in [6.45, 7) is 7.80. The van der Waals surface area contributed by atoms with Gasteiger partial charge in [-0.1, -0.05) is 25.1 Å². The van der Waals surface area contributed by atoms with Crippen LogP contribution in [0.25, 0.3) is 0 Å². The van der Waals surface area contributed by atoms with Gasteiger partial charge in [0.15, 0.2) is 0 Å². The minimum absolute atomic E-state index is 0.0595. The van der Waals surface area contributed by atoms with Gasteiger partial charge in [-0.15, -0.1) is 0 Å². The topological polar surface area (TPSA) is 81.8 Å². The van der Waals surface area contributed by atoms with Crippen molar-refractivity contribution in [2.75, 3.05) is 45.8 Å². The van der Waals surface area contributed by atoms with Crippen molar-refractivity contribution in [2.45, 2.75) is 51.9 Å². The number of carbonyl (C=O) groups is 3. The fraction of sp³-hybridized carbons (Fsp3) is 0.654. The lowest BCUT2D eigenvalue weighted by Gasteiger charge is -2.30. The van der Waals surface area contributed by atoms with Gasteiger partial charge in [0.2, 0.25) is 11.8 Å². The van der Waals surface area contributed by atoms with Gasteiger partial charge in [-0.3, -0.25) is 14.4 Å². The van der Waals surface area contributed by atoms with Crippen molar-refractivity contribution in [3.8, 4) is 0 Å². The maximum absolute atomic E-state index is 12.9. The normalized spacial score (nSPS) is 21.7. The first-order valence-corrected chi connectivity index (χ1v) is 12.6. The highest BCUT2D eigenvalue weighted by atomic mass is 16.2. The summed E-state index contributed by atoms with van der Waals surface area (Å²) in [5, 5.41) is 6.03. The summed E-state index contributed by atoms with van der Waals surface area (Å²) < 4.78 is 0. The Labute approximate surface area is 198 Å². The summed E-state index contributed by atoms with van der Waals surface area (Å²) in [5.74, 6) is 0.621. The first-order chi connectivity index (χ1) is 16.0. The van der Waals surface area contributed by atoms with Crippen LogP contribution in [0.2, 0.25) is 0 Å². The summed E-state index contributed by atoms with van der Waals surface area (Å²) in [5.41, 5.74) is 0.630. The van der Waals surface area contributed by atoms with Crippen LogP contribution in [0.4, 0.5) is 0 Å². The zero-order chi connectivity index (χ0) is 23.5. The standard InChI is InChI=1S/C26H40N4O3/c1-21-11-18-29(19-12-21)16-6-14-28-25(32)22-9-5-17-30(20-13-24(31)27-15-10-22)26(33)23-7-3-2-4-8-23/h2-4,7-8,21-22H,5-6,9-20H2,1H3,(H,27,31)(H,28,32). The number of amides is 3. The van der Waals surface area contributed by atoms with Crippen molar-refractivity contribution in [3.05, 3.63) is 35.9 Å². The van der Waals surface area contributed by atoms with Crippen molar-refractivity contribution >= 4 is 17.7 Å². The molecular formula is C26H40N4O3. The molecule has 1 unspecified atom stereocenters.